The molecule has 6 nitrogen and oxygen atoms in total. The first kappa shape index (κ1) is 15.3. The first-order valence-electron chi connectivity index (χ1n) is 7.35. The Hall–Kier alpha value is -2.11. The SMILES string of the molecule is O=C(O)CCn1cc(C(=O)NCCC2=CCCCC2)cn1. The highest BCUT2D eigenvalue weighted by Crippen LogP contribution is 2.19. The molecule has 1 aromatic rings. The van der Waals surface area contributed by atoms with Gasteiger partial charge in [-0.3, -0.25) is 14.3 Å². The van der Waals surface area contributed by atoms with Crippen LogP contribution in [0.3, 0.4) is 0 Å². The molecule has 0 aromatic carbocycles. The number of carboxylic acid groups (broad SMARTS) is 1. The van der Waals surface area contributed by atoms with Crippen LogP contribution in [0.2, 0.25) is 0 Å². The molecule has 6 heteroatoms. The summed E-state index contributed by atoms with van der Waals surface area (Å²) in [4.78, 5) is 22.4. The van der Waals surface area contributed by atoms with Crippen LogP contribution in [0.25, 0.3) is 0 Å². The average molecular weight is 291 g/mol. The van der Waals surface area contributed by atoms with Gasteiger partial charge in [0, 0.05) is 12.7 Å². The van der Waals surface area contributed by atoms with Crippen LogP contribution in [0.5, 0.6) is 0 Å². The van der Waals surface area contributed by atoms with Crippen molar-refractivity contribution >= 4 is 11.9 Å². The van der Waals surface area contributed by atoms with Gasteiger partial charge in [0.05, 0.1) is 24.7 Å². The van der Waals surface area contributed by atoms with Crippen LogP contribution < -0.4 is 5.32 Å². The molecule has 2 N–H and O–H groups in total. The number of nitrogens with one attached hydrogen (secondary N) is 1. The van der Waals surface area contributed by atoms with E-state index in [0.717, 1.165) is 19.3 Å². The largest absolute Gasteiger partial charge is 0.481 e. The number of amides is 1. The van der Waals surface area contributed by atoms with E-state index < -0.39 is 5.97 Å². The molecule has 0 bridgehead atoms. The van der Waals surface area contributed by atoms with Crippen LogP contribution in [0.15, 0.2) is 24.0 Å². The predicted molar refractivity (Wildman–Crippen MR) is 78.0 cm³/mol. The minimum atomic E-state index is -0.878. The number of hydrogen-bond donors (Lipinski definition) is 2. The zero-order valence-electron chi connectivity index (χ0n) is 12.0. The molecule has 1 aliphatic rings. The number of carbonyl (C=O) groups is 2. The number of aryl methyl sites for hydroxylation is 1. The first-order chi connectivity index (χ1) is 10.1. The van der Waals surface area contributed by atoms with Gasteiger partial charge in [0.15, 0.2) is 0 Å². The summed E-state index contributed by atoms with van der Waals surface area (Å²) in [5, 5.41) is 15.5. The van der Waals surface area contributed by atoms with Gasteiger partial charge < -0.3 is 10.4 Å². The van der Waals surface area contributed by atoms with Gasteiger partial charge in [-0.1, -0.05) is 11.6 Å². The molecule has 0 fully saturated rings. The van der Waals surface area contributed by atoms with Gasteiger partial charge in [-0.2, -0.15) is 5.10 Å². The van der Waals surface area contributed by atoms with E-state index in [-0.39, 0.29) is 18.9 Å². The Morgan fingerprint density at radius 1 is 1.38 bits per heavy atom. The quantitative estimate of drug-likeness (QED) is 0.752. The maximum absolute atomic E-state index is 11.9. The molecular weight excluding hydrogens is 270 g/mol. The molecule has 0 saturated carbocycles. The van der Waals surface area contributed by atoms with Crippen LogP contribution in [-0.4, -0.2) is 33.3 Å². The van der Waals surface area contributed by atoms with Crippen LogP contribution in [0.1, 0.15) is 48.9 Å². The topological polar surface area (TPSA) is 84.2 Å². The van der Waals surface area contributed by atoms with E-state index in [4.69, 9.17) is 5.11 Å². The van der Waals surface area contributed by atoms with E-state index in [1.54, 1.807) is 6.20 Å². The molecule has 21 heavy (non-hydrogen) atoms. The third kappa shape index (κ3) is 5.06. The van der Waals surface area contributed by atoms with Crippen LogP contribution in [0, 0.1) is 0 Å². The summed E-state index contributed by atoms with van der Waals surface area (Å²) in [7, 11) is 0. The second-order valence-corrected chi connectivity index (χ2v) is 5.25. The lowest BCUT2D eigenvalue weighted by molar-refractivity contribution is -0.137. The molecule has 2 rings (SSSR count). The van der Waals surface area contributed by atoms with Gasteiger partial charge in [0.2, 0.25) is 0 Å². The number of allylic oxidation sites excluding steroid dienone is 1. The molecule has 0 unspecified atom stereocenters. The molecule has 0 spiro atoms. The summed E-state index contributed by atoms with van der Waals surface area (Å²) in [6.07, 6.45) is 11.0. The smallest absolute Gasteiger partial charge is 0.305 e. The second-order valence-electron chi connectivity index (χ2n) is 5.25. The lowest BCUT2D eigenvalue weighted by atomic mass is 9.97. The predicted octanol–water partition coefficient (Wildman–Crippen LogP) is 1.98. The highest BCUT2D eigenvalue weighted by Gasteiger charge is 2.09. The molecular formula is C15H21N3O3. The van der Waals surface area contributed by atoms with E-state index in [1.807, 2.05) is 0 Å². The van der Waals surface area contributed by atoms with Crippen molar-refractivity contribution in [3.63, 3.8) is 0 Å². The van der Waals surface area contributed by atoms with Crippen molar-refractivity contribution in [1.29, 1.82) is 0 Å². The Balaban J connectivity index is 1.75. The zero-order valence-corrected chi connectivity index (χ0v) is 12.0. The fraction of sp³-hybridized carbons (Fsp3) is 0.533. The zero-order chi connectivity index (χ0) is 15.1. The number of aliphatic carboxylic acids is 1. The van der Waals surface area contributed by atoms with Gasteiger partial charge in [-0.15, -0.1) is 0 Å². The summed E-state index contributed by atoms with van der Waals surface area (Å²) in [5.74, 6) is -1.04. The minimum absolute atomic E-state index is 0.00308. The van der Waals surface area contributed by atoms with Crippen molar-refractivity contribution in [2.45, 2.75) is 45.1 Å². The Labute approximate surface area is 123 Å². The van der Waals surface area contributed by atoms with E-state index >= 15 is 0 Å². The van der Waals surface area contributed by atoms with Crippen molar-refractivity contribution in [1.82, 2.24) is 15.1 Å². The third-order valence-corrected chi connectivity index (χ3v) is 3.57. The van der Waals surface area contributed by atoms with Crippen LogP contribution >= 0.6 is 0 Å². The first-order valence-corrected chi connectivity index (χ1v) is 7.35. The lowest BCUT2D eigenvalue weighted by Gasteiger charge is -2.12. The summed E-state index contributed by atoms with van der Waals surface area (Å²) >= 11 is 0. The number of carboxylic acids is 1. The molecule has 1 aliphatic carbocycles. The van der Waals surface area contributed by atoms with Gasteiger partial charge in [0.25, 0.3) is 5.91 Å². The number of nitrogens with zero attached hydrogens (tertiary/aromatic N) is 2. The third-order valence-electron chi connectivity index (χ3n) is 3.57. The van der Waals surface area contributed by atoms with Crippen molar-refractivity contribution in [2.24, 2.45) is 0 Å². The van der Waals surface area contributed by atoms with Crippen molar-refractivity contribution < 1.29 is 14.7 Å². The summed E-state index contributed by atoms with van der Waals surface area (Å²) in [6.45, 7) is 0.903. The average Bonchev–Trinajstić information content (AvgIpc) is 2.95. The molecule has 1 aromatic heterocycles. The Bertz CT molecular complexity index is 534. The minimum Gasteiger partial charge on any atom is -0.481 e. The van der Waals surface area contributed by atoms with Gasteiger partial charge in [0.1, 0.15) is 0 Å². The lowest BCUT2D eigenvalue weighted by Crippen LogP contribution is -2.24. The van der Waals surface area contributed by atoms with Crippen molar-refractivity contribution in [3.05, 3.63) is 29.6 Å². The highest BCUT2D eigenvalue weighted by molar-refractivity contribution is 5.93. The number of aromatic nitrogens is 2. The fourth-order valence-corrected chi connectivity index (χ4v) is 2.38. The van der Waals surface area contributed by atoms with E-state index in [0.29, 0.717) is 12.1 Å². The van der Waals surface area contributed by atoms with Crippen LogP contribution in [0.4, 0.5) is 0 Å². The summed E-state index contributed by atoms with van der Waals surface area (Å²) in [5.41, 5.74) is 1.90. The maximum atomic E-state index is 11.9. The van der Waals surface area contributed by atoms with Crippen LogP contribution in [-0.2, 0) is 11.3 Å². The Morgan fingerprint density at radius 3 is 2.95 bits per heavy atom. The number of rotatable bonds is 7. The second kappa shape index (κ2) is 7.61. The molecule has 0 saturated heterocycles. The van der Waals surface area contributed by atoms with Crippen molar-refractivity contribution in [2.75, 3.05) is 6.54 Å². The molecule has 0 aliphatic heterocycles. The fourth-order valence-electron chi connectivity index (χ4n) is 2.38. The maximum Gasteiger partial charge on any atom is 0.305 e. The summed E-state index contributed by atoms with van der Waals surface area (Å²) < 4.78 is 1.48. The van der Waals surface area contributed by atoms with E-state index in [9.17, 15) is 9.59 Å². The monoisotopic (exact) mass is 291 g/mol. The van der Waals surface area contributed by atoms with E-state index in [1.165, 1.54) is 29.3 Å². The van der Waals surface area contributed by atoms with Crippen molar-refractivity contribution in [3.8, 4) is 0 Å². The number of carbonyl (C=O) groups excluding carboxylic acids is 1. The normalized spacial score (nSPS) is 14.6. The standard InChI is InChI=1S/C15H21N3O3/c19-14(20)7-9-18-11-13(10-17-18)15(21)16-8-6-12-4-2-1-3-5-12/h4,10-11H,1-3,5-9H2,(H,16,21)(H,19,20). The molecule has 114 valence electrons. The highest BCUT2D eigenvalue weighted by atomic mass is 16.4. The molecule has 1 heterocycles. The van der Waals surface area contributed by atoms with E-state index in [2.05, 4.69) is 16.5 Å². The molecule has 0 atom stereocenters. The number of hydrogen-bond acceptors (Lipinski definition) is 3. The molecule has 0 radical (unpaired) electrons. The summed E-state index contributed by atoms with van der Waals surface area (Å²) in [6, 6.07) is 0. The Morgan fingerprint density at radius 2 is 2.24 bits per heavy atom. The Kier molecular flexibility index (Phi) is 5.54. The van der Waals surface area contributed by atoms with Gasteiger partial charge >= 0.3 is 5.97 Å². The molecule has 1 amide bonds. The van der Waals surface area contributed by atoms with Gasteiger partial charge in [-0.05, 0) is 32.1 Å². The van der Waals surface area contributed by atoms with Gasteiger partial charge in [-0.25, -0.2) is 0 Å².